The van der Waals surface area contributed by atoms with Crippen molar-refractivity contribution < 1.29 is 14.2 Å². The van der Waals surface area contributed by atoms with Crippen molar-refractivity contribution in [2.45, 2.75) is 38.8 Å². The van der Waals surface area contributed by atoms with E-state index >= 15 is 0 Å². The average Bonchev–Trinajstić information content (AvgIpc) is 3.43. The first-order chi connectivity index (χ1) is 14.7. The van der Waals surface area contributed by atoms with Crippen molar-refractivity contribution in [2.75, 3.05) is 33.4 Å². The summed E-state index contributed by atoms with van der Waals surface area (Å²) >= 11 is 0. The molecule has 1 fully saturated rings. The van der Waals surface area contributed by atoms with E-state index < -0.39 is 0 Å². The molecule has 0 aliphatic carbocycles. The molecule has 1 atom stereocenters. The van der Waals surface area contributed by atoms with Crippen LogP contribution < -0.4 is 20.1 Å². The van der Waals surface area contributed by atoms with Crippen LogP contribution in [0.3, 0.4) is 0 Å². The summed E-state index contributed by atoms with van der Waals surface area (Å²) in [6.07, 6.45) is 3.03. The number of guanidine groups is 1. The van der Waals surface area contributed by atoms with Gasteiger partial charge in [0.2, 0.25) is 0 Å². The fourth-order valence-corrected chi connectivity index (χ4v) is 3.82. The first-order valence-electron chi connectivity index (χ1n) is 10.7. The van der Waals surface area contributed by atoms with Gasteiger partial charge in [-0.25, -0.2) is 0 Å². The Balaban J connectivity index is 0.00000272. The zero-order valence-corrected chi connectivity index (χ0v) is 20.6. The number of fused-ring (bicyclic) bond motifs is 1. The van der Waals surface area contributed by atoms with Gasteiger partial charge in [0.15, 0.2) is 5.96 Å². The molecule has 2 aromatic rings. The van der Waals surface area contributed by atoms with E-state index in [1.807, 2.05) is 0 Å². The second-order valence-corrected chi connectivity index (χ2v) is 7.86. The first-order valence-corrected chi connectivity index (χ1v) is 10.7. The van der Waals surface area contributed by atoms with Crippen LogP contribution in [0.5, 0.6) is 11.5 Å². The van der Waals surface area contributed by atoms with Gasteiger partial charge in [0, 0.05) is 38.5 Å². The van der Waals surface area contributed by atoms with Crippen LogP contribution in [-0.4, -0.2) is 45.5 Å². The fourth-order valence-electron chi connectivity index (χ4n) is 3.82. The van der Waals surface area contributed by atoms with E-state index in [0.717, 1.165) is 62.0 Å². The third-order valence-electron chi connectivity index (χ3n) is 5.53. The number of rotatable bonds is 7. The lowest BCUT2D eigenvalue weighted by atomic mass is 10.1. The highest BCUT2D eigenvalue weighted by atomic mass is 127. The Hall–Kier alpha value is -2.00. The molecule has 0 radical (unpaired) electrons. The highest BCUT2D eigenvalue weighted by Crippen LogP contribution is 2.26. The number of hydrogen-bond acceptors (Lipinski definition) is 4. The van der Waals surface area contributed by atoms with Gasteiger partial charge in [-0.2, -0.15) is 0 Å². The van der Waals surface area contributed by atoms with Gasteiger partial charge in [0.25, 0.3) is 0 Å². The van der Waals surface area contributed by atoms with Crippen LogP contribution in [-0.2, 0) is 24.1 Å². The van der Waals surface area contributed by atoms with E-state index in [1.165, 1.54) is 16.7 Å². The highest BCUT2D eigenvalue weighted by Gasteiger charge is 2.19. The number of hydrogen-bond donors (Lipinski definition) is 2. The minimum Gasteiger partial charge on any atom is -0.493 e. The molecule has 1 saturated heterocycles. The monoisotopic (exact) mass is 537 g/mol. The number of aryl methyl sites for hydroxylation is 1. The molecule has 168 valence electrons. The summed E-state index contributed by atoms with van der Waals surface area (Å²) in [5.74, 6) is 2.74. The summed E-state index contributed by atoms with van der Waals surface area (Å²) < 4.78 is 17.2. The van der Waals surface area contributed by atoms with Gasteiger partial charge >= 0.3 is 0 Å². The molecule has 2 aliphatic rings. The number of halogens is 1. The molecule has 4 rings (SSSR count). The average molecular weight is 537 g/mol. The maximum Gasteiger partial charge on any atom is 0.191 e. The molecule has 0 spiro atoms. The quantitative estimate of drug-likeness (QED) is 0.321. The molecular formula is C24H32IN3O3. The van der Waals surface area contributed by atoms with Crippen molar-refractivity contribution in [3.8, 4) is 11.5 Å². The lowest BCUT2D eigenvalue weighted by Crippen LogP contribution is -2.38. The summed E-state index contributed by atoms with van der Waals surface area (Å²) in [6.45, 7) is 5.79. The van der Waals surface area contributed by atoms with E-state index in [-0.39, 0.29) is 30.1 Å². The van der Waals surface area contributed by atoms with Gasteiger partial charge in [0.05, 0.1) is 19.8 Å². The highest BCUT2D eigenvalue weighted by molar-refractivity contribution is 14.0. The standard InChI is InChI=1S/C24H31N3O3.HI/c1-17-3-5-20(23(13-17)30-21-9-11-28-16-21)15-27-24(25-2)26-10-7-18-4-6-22-19(14-18)8-12-29-22;/h3-6,13-14,21H,7-12,15-16H2,1-2H3,(H2,25,26,27);1H. The van der Waals surface area contributed by atoms with E-state index in [4.69, 9.17) is 14.2 Å². The molecule has 0 bridgehead atoms. The Morgan fingerprint density at radius 1 is 1.16 bits per heavy atom. The van der Waals surface area contributed by atoms with Crippen molar-refractivity contribution in [1.29, 1.82) is 0 Å². The third kappa shape index (κ3) is 6.49. The Morgan fingerprint density at radius 2 is 2.06 bits per heavy atom. The molecule has 0 amide bonds. The zero-order chi connectivity index (χ0) is 20.8. The van der Waals surface area contributed by atoms with Crippen molar-refractivity contribution in [3.63, 3.8) is 0 Å². The molecule has 2 heterocycles. The van der Waals surface area contributed by atoms with Crippen LogP contribution in [0, 0.1) is 6.92 Å². The molecule has 2 aromatic carbocycles. The molecule has 7 heteroatoms. The minimum absolute atomic E-state index is 0. The second kappa shape index (κ2) is 11.6. The van der Waals surface area contributed by atoms with Gasteiger partial charge in [0.1, 0.15) is 17.6 Å². The zero-order valence-electron chi connectivity index (χ0n) is 18.3. The van der Waals surface area contributed by atoms with Gasteiger partial charge in [-0.05, 0) is 42.2 Å². The second-order valence-electron chi connectivity index (χ2n) is 7.86. The van der Waals surface area contributed by atoms with Crippen LogP contribution in [0.4, 0.5) is 0 Å². The van der Waals surface area contributed by atoms with Gasteiger partial charge in [-0.15, -0.1) is 24.0 Å². The van der Waals surface area contributed by atoms with E-state index in [9.17, 15) is 0 Å². The van der Waals surface area contributed by atoms with E-state index in [1.54, 1.807) is 7.05 Å². The van der Waals surface area contributed by atoms with Crippen LogP contribution in [0.15, 0.2) is 41.4 Å². The maximum atomic E-state index is 6.19. The molecular weight excluding hydrogens is 505 g/mol. The van der Waals surface area contributed by atoms with Gasteiger partial charge < -0.3 is 24.8 Å². The molecule has 31 heavy (non-hydrogen) atoms. The predicted molar refractivity (Wildman–Crippen MR) is 134 cm³/mol. The summed E-state index contributed by atoms with van der Waals surface area (Å²) in [7, 11) is 1.80. The Morgan fingerprint density at radius 3 is 2.87 bits per heavy atom. The number of aliphatic imine (C=N–C) groups is 1. The number of benzene rings is 2. The van der Waals surface area contributed by atoms with Gasteiger partial charge in [-0.3, -0.25) is 4.99 Å². The predicted octanol–water partition coefficient (Wildman–Crippen LogP) is 3.62. The molecule has 2 aliphatic heterocycles. The summed E-state index contributed by atoms with van der Waals surface area (Å²) in [5, 5.41) is 6.81. The smallest absolute Gasteiger partial charge is 0.191 e. The van der Waals surface area contributed by atoms with Crippen molar-refractivity contribution in [1.82, 2.24) is 10.6 Å². The molecule has 6 nitrogen and oxygen atoms in total. The molecule has 1 unspecified atom stereocenters. The fraction of sp³-hybridized carbons (Fsp3) is 0.458. The summed E-state index contributed by atoms with van der Waals surface area (Å²) in [6, 6.07) is 12.8. The Bertz CT molecular complexity index is 898. The van der Waals surface area contributed by atoms with E-state index in [2.05, 4.69) is 58.9 Å². The normalized spacial score (nSPS) is 17.5. The van der Waals surface area contributed by atoms with Crippen LogP contribution in [0.1, 0.15) is 28.7 Å². The molecule has 0 aromatic heterocycles. The van der Waals surface area contributed by atoms with Crippen LogP contribution in [0.25, 0.3) is 0 Å². The lowest BCUT2D eigenvalue weighted by Gasteiger charge is -2.18. The van der Waals surface area contributed by atoms with Crippen LogP contribution >= 0.6 is 24.0 Å². The number of nitrogens with one attached hydrogen (secondary N) is 2. The van der Waals surface area contributed by atoms with Crippen LogP contribution in [0.2, 0.25) is 0 Å². The summed E-state index contributed by atoms with van der Waals surface area (Å²) in [4.78, 5) is 4.36. The van der Waals surface area contributed by atoms with Crippen molar-refractivity contribution >= 4 is 29.9 Å². The number of ether oxygens (including phenoxy) is 3. The first kappa shape index (κ1) is 23.7. The lowest BCUT2D eigenvalue weighted by molar-refractivity contribution is 0.140. The summed E-state index contributed by atoms with van der Waals surface area (Å²) in [5.41, 5.74) is 4.94. The molecule has 2 N–H and O–H groups in total. The number of nitrogens with zero attached hydrogens (tertiary/aromatic N) is 1. The maximum absolute atomic E-state index is 6.19. The van der Waals surface area contributed by atoms with E-state index in [0.29, 0.717) is 13.2 Å². The minimum atomic E-state index is 0. The Kier molecular flexibility index (Phi) is 8.83. The van der Waals surface area contributed by atoms with Crippen molar-refractivity contribution in [3.05, 3.63) is 58.7 Å². The SMILES string of the molecule is CN=C(NCCc1ccc2c(c1)CCO2)NCc1ccc(C)cc1OC1CCOC1.I. The van der Waals surface area contributed by atoms with Gasteiger partial charge in [-0.1, -0.05) is 24.3 Å². The molecule has 0 saturated carbocycles. The topological polar surface area (TPSA) is 64.1 Å². The third-order valence-corrected chi connectivity index (χ3v) is 5.53. The Labute approximate surface area is 201 Å². The van der Waals surface area contributed by atoms with Crippen molar-refractivity contribution in [2.24, 2.45) is 4.99 Å². The largest absolute Gasteiger partial charge is 0.493 e.